The topological polar surface area (TPSA) is 93.0 Å². The summed E-state index contributed by atoms with van der Waals surface area (Å²) in [6.07, 6.45) is 0. The number of hydrogen-bond acceptors (Lipinski definition) is 4. The van der Waals surface area contributed by atoms with Crippen LogP contribution in [0.3, 0.4) is 0 Å². The molecule has 5 nitrogen and oxygen atoms in total. The molecule has 0 aliphatic rings. The molecule has 0 aliphatic carbocycles. The SMILES string of the molecule is N#Cc1cc(-c2ccc(N)c([N+](=O)[O-])c2)ccc1F. The Hall–Kier alpha value is -2.94. The maximum Gasteiger partial charge on any atom is 0.292 e. The van der Waals surface area contributed by atoms with Crippen LogP contribution in [0.4, 0.5) is 15.8 Å². The fourth-order valence-corrected chi connectivity index (χ4v) is 1.67. The lowest BCUT2D eigenvalue weighted by molar-refractivity contribution is -0.383. The number of nitrogens with two attached hydrogens (primary N) is 1. The van der Waals surface area contributed by atoms with E-state index in [-0.39, 0.29) is 16.9 Å². The molecule has 2 aromatic carbocycles. The van der Waals surface area contributed by atoms with Gasteiger partial charge in [0.2, 0.25) is 0 Å². The number of nitriles is 1. The van der Waals surface area contributed by atoms with Crippen LogP contribution in [0.25, 0.3) is 11.1 Å². The van der Waals surface area contributed by atoms with Gasteiger partial charge in [-0.25, -0.2) is 4.39 Å². The van der Waals surface area contributed by atoms with Crippen LogP contribution in [0.1, 0.15) is 5.56 Å². The zero-order valence-electron chi connectivity index (χ0n) is 9.63. The lowest BCUT2D eigenvalue weighted by Crippen LogP contribution is -1.96. The number of nitro groups is 1. The van der Waals surface area contributed by atoms with Crippen LogP contribution in [-0.2, 0) is 0 Å². The molecule has 0 amide bonds. The molecule has 0 radical (unpaired) electrons. The van der Waals surface area contributed by atoms with Crippen molar-refractivity contribution < 1.29 is 9.31 Å². The van der Waals surface area contributed by atoms with Crippen molar-refractivity contribution in [2.24, 2.45) is 0 Å². The van der Waals surface area contributed by atoms with Gasteiger partial charge in [0.25, 0.3) is 5.69 Å². The molecule has 6 heteroatoms. The zero-order chi connectivity index (χ0) is 14.0. The molecule has 0 bridgehead atoms. The highest BCUT2D eigenvalue weighted by molar-refractivity contribution is 5.73. The van der Waals surface area contributed by atoms with Crippen LogP contribution in [0, 0.1) is 27.3 Å². The van der Waals surface area contributed by atoms with Gasteiger partial charge < -0.3 is 5.73 Å². The Morgan fingerprint density at radius 2 is 1.84 bits per heavy atom. The maximum atomic E-state index is 13.2. The molecule has 0 atom stereocenters. The smallest absolute Gasteiger partial charge is 0.292 e. The van der Waals surface area contributed by atoms with Crippen LogP contribution in [0.5, 0.6) is 0 Å². The van der Waals surface area contributed by atoms with Crippen molar-refractivity contribution in [3.8, 4) is 17.2 Å². The summed E-state index contributed by atoms with van der Waals surface area (Å²) < 4.78 is 13.2. The van der Waals surface area contributed by atoms with E-state index in [1.807, 2.05) is 0 Å². The van der Waals surface area contributed by atoms with Crippen LogP contribution >= 0.6 is 0 Å². The van der Waals surface area contributed by atoms with Gasteiger partial charge in [-0.2, -0.15) is 5.26 Å². The van der Waals surface area contributed by atoms with E-state index in [4.69, 9.17) is 11.0 Å². The summed E-state index contributed by atoms with van der Waals surface area (Å²) in [5.74, 6) is -0.629. The predicted octanol–water partition coefficient (Wildman–Crippen LogP) is 2.85. The fourth-order valence-electron chi connectivity index (χ4n) is 1.67. The molecule has 2 rings (SSSR count). The first-order chi connectivity index (χ1) is 9.02. The van der Waals surface area contributed by atoms with Gasteiger partial charge in [0.1, 0.15) is 17.6 Å². The normalized spacial score (nSPS) is 9.89. The summed E-state index contributed by atoms with van der Waals surface area (Å²) in [5, 5.41) is 19.6. The third-order valence-electron chi connectivity index (χ3n) is 2.65. The number of nitro benzene ring substituents is 1. The van der Waals surface area contributed by atoms with Gasteiger partial charge in [-0.15, -0.1) is 0 Å². The van der Waals surface area contributed by atoms with Gasteiger partial charge >= 0.3 is 0 Å². The summed E-state index contributed by atoms with van der Waals surface area (Å²) >= 11 is 0. The van der Waals surface area contributed by atoms with E-state index in [2.05, 4.69) is 0 Å². The molecule has 0 unspecified atom stereocenters. The molecule has 0 saturated heterocycles. The van der Waals surface area contributed by atoms with Crippen molar-refractivity contribution in [2.45, 2.75) is 0 Å². The van der Waals surface area contributed by atoms with Crippen molar-refractivity contribution >= 4 is 11.4 Å². The molecule has 2 N–H and O–H groups in total. The van der Waals surface area contributed by atoms with Crippen molar-refractivity contribution in [2.75, 3.05) is 5.73 Å². The second kappa shape index (κ2) is 4.74. The van der Waals surface area contributed by atoms with E-state index in [0.717, 1.165) is 6.07 Å². The Kier molecular flexibility index (Phi) is 3.12. The number of halogens is 1. The number of nitrogen functional groups attached to an aromatic ring is 1. The largest absolute Gasteiger partial charge is 0.393 e. The summed E-state index contributed by atoms with van der Waals surface area (Å²) in [6, 6.07) is 9.94. The van der Waals surface area contributed by atoms with Gasteiger partial charge in [0, 0.05) is 6.07 Å². The molecule has 0 spiro atoms. The van der Waals surface area contributed by atoms with Crippen molar-refractivity contribution in [1.29, 1.82) is 5.26 Å². The second-order valence-corrected chi connectivity index (χ2v) is 3.84. The van der Waals surface area contributed by atoms with Gasteiger partial charge in [0.05, 0.1) is 10.5 Å². The highest BCUT2D eigenvalue weighted by Gasteiger charge is 2.13. The van der Waals surface area contributed by atoms with Gasteiger partial charge in [-0.3, -0.25) is 10.1 Å². The van der Waals surface area contributed by atoms with E-state index in [1.165, 1.54) is 24.3 Å². The lowest BCUT2D eigenvalue weighted by atomic mass is 10.0. The van der Waals surface area contributed by atoms with Gasteiger partial charge in [0.15, 0.2) is 0 Å². The minimum atomic E-state index is -0.629. The minimum Gasteiger partial charge on any atom is -0.393 e. The average Bonchev–Trinajstić information content (AvgIpc) is 2.39. The molecule has 0 heterocycles. The molecule has 94 valence electrons. The number of benzene rings is 2. The van der Waals surface area contributed by atoms with E-state index < -0.39 is 10.7 Å². The van der Waals surface area contributed by atoms with E-state index in [9.17, 15) is 14.5 Å². The standard InChI is InChI=1S/C13H8FN3O2/c14-11-3-1-8(5-10(11)7-15)9-2-4-12(16)13(6-9)17(18)19/h1-6H,16H2. The number of rotatable bonds is 2. The first-order valence-corrected chi connectivity index (χ1v) is 5.27. The first-order valence-electron chi connectivity index (χ1n) is 5.27. The summed E-state index contributed by atoms with van der Waals surface area (Å²) in [7, 11) is 0. The Balaban J connectivity index is 2.57. The summed E-state index contributed by atoms with van der Waals surface area (Å²) in [5.41, 5.74) is 6.22. The Bertz CT molecular complexity index is 708. The number of anilines is 1. The van der Waals surface area contributed by atoms with E-state index in [1.54, 1.807) is 12.1 Å². The van der Waals surface area contributed by atoms with Crippen LogP contribution in [0.2, 0.25) is 0 Å². The minimum absolute atomic E-state index is 0.0522. The highest BCUT2D eigenvalue weighted by Crippen LogP contribution is 2.29. The quantitative estimate of drug-likeness (QED) is 0.508. The Morgan fingerprint density at radius 1 is 1.21 bits per heavy atom. The van der Waals surface area contributed by atoms with Crippen LogP contribution < -0.4 is 5.73 Å². The molecule has 0 fully saturated rings. The molecule has 0 saturated carbocycles. The van der Waals surface area contributed by atoms with Gasteiger partial charge in [-0.05, 0) is 29.3 Å². The first kappa shape index (κ1) is 12.5. The second-order valence-electron chi connectivity index (χ2n) is 3.84. The molecule has 19 heavy (non-hydrogen) atoms. The molecule has 0 aliphatic heterocycles. The van der Waals surface area contributed by atoms with Crippen molar-refractivity contribution in [1.82, 2.24) is 0 Å². The lowest BCUT2D eigenvalue weighted by Gasteiger charge is -2.04. The third-order valence-corrected chi connectivity index (χ3v) is 2.65. The zero-order valence-corrected chi connectivity index (χ0v) is 9.63. The van der Waals surface area contributed by atoms with E-state index in [0.29, 0.717) is 11.1 Å². The van der Waals surface area contributed by atoms with Crippen LogP contribution in [0.15, 0.2) is 36.4 Å². The third kappa shape index (κ3) is 2.35. The Labute approximate surface area is 107 Å². The van der Waals surface area contributed by atoms with Crippen molar-refractivity contribution in [3.05, 3.63) is 57.9 Å². The molecular formula is C13H8FN3O2. The van der Waals surface area contributed by atoms with Gasteiger partial charge in [-0.1, -0.05) is 12.1 Å². The Morgan fingerprint density at radius 3 is 2.47 bits per heavy atom. The molecule has 2 aromatic rings. The molecule has 0 aromatic heterocycles. The number of hydrogen-bond donors (Lipinski definition) is 1. The maximum absolute atomic E-state index is 13.2. The van der Waals surface area contributed by atoms with Crippen LogP contribution in [-0.4, -0.2) is 4.92 Å². The average molecular weight is 257 g/mol. The molecular weight excluding hydrogens is 249 g/mol. The summed E-state index contributed by atoms with van der Waals surface area (Å²) in [6.45, 7) is 0. The highest BCUT2D eigenvalue weighted by atomic mass is 19.1. The fraction of sp³-hybridized carbons (Fsp3) is 0. The summed E-state index contributed by atoms with van der Waals surface area (Å²) in [4.78, 5) is 10.2. The number of nitrogens with zero attached hydrogens (tertiary/aromatic N) is 2. The predicted molar refractivity (Wildman–Crippen MR) is 67.6 cm³/mol. The van der Waals surface area contributed by atoms with E-state index >= 15 is 0 Å². The van der Waals surface area contributed by atoms with Crippen molar-refractivity contribution in [3.63, 3.8) is 0 Å². The monoisotopic (exact) mass is 257 g/mol.